The van der Waals surface area contributed by atoms with Gasteiger partial charge in [-0.15, -0.1) is 10.2 Å². The first-order valence-electron chi connectivity index (χ1n) is 6.96. The summed E-state index contributed by atoms with van der Waals surface area (Å²) in [5.74, 6) is 0.799. The predicted octanol–water partition coefficient (Wildman–Crippen LogP) is 3.59. The summed E-state index contributed by atoms with van der Waals surface area (Å²) in [5.41, 5.74) is 0.926. The average Bonchev–Trinajstić information content (AvgIpc) is 2.97. The van der Waals surface area contributed by atoms with Crippen LogP contribution in [-0.4, -0.2) is 23.2 Å². The summed E-state index contributed by atoms with van der Waals surface area (Å²) in [6.45, 7) is 4.02. The normalized spacial score (nSPS) is 10.7. The monoisotopic (exact) mass is 305 g/mol. The standard InChI is InChI=1S/C15H19N3O2S/c1-4-10(5-2)13(19)16-15-18-17-14(21-15)11-7-6-8-12(9-11)20-3/h6-10H,4-5H2,1-3H3,(H,16,18,19). The maximum Gasteiger partial charge on any atom is 0.229 e. The summed E-state index contributed by atoms with van der Waals surface area (Å²) in [5, 5.41) is 12.3. The Morgan fingerprint density at radius 1 is 1.33 bits per heavy atom. The first-order chi connectivity index (χ1) is 10.2. The van der Waals surface area contributed by atoms with Crippen LogP contribution in [0, 0.1) is 5.92 Å². The molecule has 0 aliphatic rings. The van der Waals surface area contributed by atoms with Crippen molar-refractivity contribution < 1.29 is 9.53 Å². The molecule has 0 aliphatic carbocycles. The minimum absolute atomic E-state index is 0.00772. The Kier molecular flexibility index (Phi) is 5.27. The molecule has 2 aromatic rings. The molecule has 1 aromatic carbocycles. The third kappa shape index (κ3) is 3.78. The van der Waals surface area contributed by atoms with Crippen LogP contribution in [-0.2, 0) is 4.79 Å². The van der Waals surface area contributed by atoms with Gasteiger partial charge >= 0.3 is 0 Å². The third-order valence-corrected chi connectivity index (χ3v) is 4.22. The molecule has 1 heterocycles. The van der Waals surface area contributed by atoms with Gasteiger partial charge in [-0.2, -0.15) is 0 Å². The van der Waals surface area contributed by atoms with Crippen molar-refractivity contribution in [3.63, 3.8) is 0 Å². The molecule has 2 rings (SSSR count). The second kappa shape index (κ2) is 7.17. The van der Waals surface area contributed by atoms with Crippen LogP contribution in [0.3, 0.4) is 0 Å². The third-order valence-electron chi connectivity index (χ3n) is 3.33. The van der Waals surface area contributed by atoms with Gasteiger partial charge in [0.2, 0.25) is 11.0 Å². The summed E-state index contributed by atoms with van der Waals surface area (Å²) in [7, 11) is 1.63. The highest BCUT2D eigenvalue weighted by atomic mass is 32.1. The zero-order valence-corrected chi connectivity index (χ0v) is 13.2. The number of hydrogen-bond donors (Lipinski definition) is 1. The van der Waals surface area contributed by atoms with E-state index in [1.807, 2.05) is 38.1 Å². The molecular formula is C15H19N3O2S. The number of rotatable bonds is 6. The Morgan fingerprint density at radius 3 is 2.76 bits per heavy atom. The fourth-order valence-corrected chi connectivity index (χ4v) is 2.76. The molecule has 0 fully saturated rings. The lowest BCUT2D eigenvalue weighted by atomic mass is 10.0. The molecule has 0 spiro atoms. The van der Waals surface area contributed by atoms with Gasteiger partial charge in [-0.1, -0.05) is 37.3 Å². The number of ether oxygens (including phenoxy) is 1. The molecule has 1 amide bonds. The zero-order chi connectivity index (χ0) is 15.2. The van der Waals surface area contributed by atoms with Crippen molar-refractivity contribution in [1.29, 1.82) is 0 Å². The molecule has 0 aliphatic heterocycles. The highest BCUT2D eigenvalue weighted by Gasteiger charge is 2.16. The van der Waals surface area contributed by atoms with Gasteiger partial charge in [-0.05, 0) is 25.0 Å². The van der Waals surface area contributed by atoms with Gasteiger partial charge in [0.1, 0.15) is 10.8 Å². The van der Waals surface area contributed by atoms with Crippen LogP contribution >= 0.6 is 11.3 Å². The maximum absolute atomic E-state index is 12.0. The molecule has 0 bridgehead atoms. The Hall–Kier alpha value is -1.95. The van der Waals surface area contributed by atoms with Crippen LogP contribution in [0.2, 0.25) is 0 Å². The summed E-state index contributed by atoms with van der Waals surface area (Å²) >= 11 is 1.36. The summed E-state index contributed by atoms with van der Waals surface area (Å²) < 4.78 is 5.19. The van der Waals surface area contributed by atoms with Gasteiger partial charge in [-0.25, -0.2) is 0 Å². The molecule has 0 atom stereocenters. The molecular weight excluding hydrogens is 286 g/mol. The van der Waals surface area contributed by atoms with Crippen LogP contribution < -0.4 is 10.1 Å². The van der Waals surface area contributed by atoms with Crippen LogP contribution in [0.4, 0.5) is 5.13 Å². The summed E-state index contributed by atoms with van der Waals surface area (Å²) in [6.07, 6.45) is 1.65. The maximum atomic E-state index is 12.0. The summed E-state index contributed by atoms with van der Waals surface area (Å²) in [4.78, 5) is 12.0. The number of methoxy groups -OCH3 is 1. The lowest BCUT2D eigenvalue weighted by molar-refractivity contribution is -0.120. The van der Waals surface area contributed by atoms with Crippen molar-refractivity contribution in [2.24, 2.45) is 5.92 Å². The van der Waals surface area contributed by atoms with Crippen LogP contribution in [0.15, 0.2) is 24.3 Å². The number of aromatic nitrogens is 2. The van der Waals surface area contributed by atoms with E-state index in [4.69, 9.17) is 4.74 Å². The van der Waals surface area contributed by atoms with Gasteiger partial charge in [0.05, 0.1) is 7.11 Å². The quantitative estimate of drug-likeness (QED) is 0.886. The van der Waals surface area contributed by atoms with E-state index in [-0.39, 0.29) is 11.8 Å². The van der Waals surface area contributed by atoms with E-state index in [1.165, 1.54) is 11.3 Å². The van der Waals surface area contributed by atoms with Crippen LogP contribution in [0.5, 0.6) is 5.75 Å². The highest BCUT2D eigenvalue weighted by molar-refractivity contribution is 7.18. The zero-order valence-electron chi connectivity index (χ0n) is 12.4. The Labute approximate surface area is 128 Å². The minimum Gasteiger partial charge on any atom is -0.497 e. The molecule has 0 saturated carbocycles. The van der Waals surface area contributed by atoms with Gasteiger partial charge < -0.3 is 10.1 Å². The van der Waals surface area contributed by atoms with E-state index in [0.29, 0.717) is 5.13 Å². The van der Waals surface area contributed by atoms with E-state index in [9.17, 15) is 4.79 Å². The topological polar surface area (TPSA) is 64.1 Å². The van der Waals surface area contributed by atoms with Crippen molar-refractivity contribution in [1.82, 2.24) is 10.2 Å². The molecule has 1 N–H and O–H groups in total. The molecule has 1 aromatic heterocycles. The largest absolute Gasteiger partial charge is 0.497 e. The lowest BCUT2D eigenvalue weighted by Crippen LogP contribution is -2.21. The number of anilines is 1. The Balaban J connectivity index is 2.12. The number of nitrogens with one attached hydrogen (secondary N) is 1. The van der Waals surface area contributed by atoms with Crippen molar-refractivity contribution >= 4 is 22.4 Å². The number of carbonyl (C=O) groups excluding carboxylic acids is 1. The minimum atomic E-state index is 0.00772. The number of hydrogen-bond acceptors (Lipinski definition) is 5. The van der Waals surface area contributed by atoms with E-state index in [2.05, 4.69) is 15.5 Å². The Morgan fingerprint density at radius 2 is 2.10 bits per heavy atom. The second-order valence-corrected chi connectivity index (χ2v) is 5.62. The fraction of sp³-hybridized carbons (Fsp3) is 0.400. The number of benzene rings is 1. The van der Waals surface area contributed by atoms with Crippen molar-refractivity contribution in [2.75, 3.05) is 12.4 Å². The number of amides is 1. The SMILES string of the molecule is CCC(CC)C(=O)Nc1nnc(-c2cccc(OC)c2)s1. The van der Waals surface area contributed by atoms with Crippen molar-refractivity contribution in [3.05, 3.63) is 24.3 Å². The van der Waals surface area contributed by atoms with E-state index in [1.54, 1.807) is 7.11 Å². The van der Waals surface area contributed by atoms with E-state index < -0.39 is 0 Å². The molecule has 6 heteroatoms. The first-order valence-corrected chi connectivity index (χ1v) is 7.78. The van der Waals surface area contributed by atoms with Gasteiger partial charge in [0.25, 0.3) is 0 Å². The molecule has 0 unspecified atom stereocenters. The second-order valence-electron chi connectivity index (χ2n) is 4.65. The smallest absolute Gasteiger partial charge is 0.229 e. The van der Waals surface area contributed by atoms with Crippen molar-refractivity contribution in [3.8, 4) is 16.3 Å². The molecule has 0 saturated heterocycles. The lowest BCUT2D eigenvalue weighted by Gasteiger charge is -2.09. The van der Waals surface area contributed by atoms with Gasteiger partial charge in [-0.3, -0.25) is 4.79 Å². The molecule has 0 radical (unpaired) electrons. The van der Waals surface area contributed by atoms with Crippen molar-refractivity contribution in [2.45, 2.75) is 26.7 Å². The van der Waals surface area contributed by atoms with Gasteiger partial charge in [0.15, 0.2) is 0 Å². The average molecular weight is 305 g/mol. The first kappa shape index (κ1) is 15.4. The molecule has 21 heavy (non-hydrogen) atoms. The van der Waals surface area contributed by atoms with Crippen LogP contribution in [0.25, 0.3) is 10.6 Å². The highest BCUT2D eigenvalue weighted by Crippen LogP contribution is 2.29. The fourth-order valence-electron chi connectivity index (χ4n) is 2.01. The van der Waals surface area contributed by atoms with E-state index >= 15 is 0 Å². The molecule has 112 valence electrons. The number of carbonyl (C=O) groups is 1. The summed E-state index contributed by atoms with van der Waals surface area (Å²) in [6, 6.07) is 7.61. The molecule has 5 nitrogen and oxygen atoms in total. The van der Waals surface area contributed by atoms with Gasteiger partial charge in [0, 0.05) is 11.5 Å². The van der Waals surface area contributed by atoms with Crippen LogP contribution in [0.1, 0.15) is 26.7 Å². The van der Waals surface area contributed by atoms with E-state index in [0.717, 1.165) is 29.2 Å². The Bertz CT molecular complexity index is 608. The predicted molar refractivity (Wildman–Crippen MR) is 84.6 cm³/mol. The number of nitrogens with zero attached hydrogens (tertiary/aromatic N) is 2.